The lowest BCUT2D eigenvalue weighted by Crippen LogP contribution is -2.26. The lowest BCUT2D eigenvalue weighted by atomic mass is 10.1. The predicted octanol–water partition coefficient (Wildman–Crippen LogP) is 3.51. The van der Waals surface area contributed by atoms with Crippen LogP contribution in [0, 0.1) is 13.8 Å². The standard InChI is InChI=1S/C20H21N3O2/c1-13-12-16(8-9-17(13)21)19(24)22-11-10-18-14(2)25-20(23-18)15-6-4-3-5-7-15/h3-9,12H,10-11,21H2,1-2H3,(H,22,24). The number of carbonyl (C=O) groups excluding carboxylic acids is 1. The van der Waals surface area contributed by atoms with Crippen LogP contribution >= 0.6 is 0 Å². The van der Waals surface area contributed by atoms with E-state index in [1.807, 2.05) is 44.2 Å². The van der Waals surface area contributed by atoms with Gasteiger partial charge in [0.2, 0.25) is 5.89 Å². The zero-order valence-corrected chi connectivity index (χ0v) is 14.4. The molecule has 0 fully saturated rings. The molecule has 0 spiro atoms. The van der Waals surface area contributed by atoms with Crippen molar-refractivity contribution in [2.24, 2.45) is 0 Å². The van der Waals surface area contributed by atoms with Crippen LogP contribution in [0.25, 0.3) is 11.5 Å². The summed E-state index contributed by atoms with van der Waals surface area (Å²) in [4.78, 5) is 16.8. The highest BCUT2D eigenvalue weighted by atomic mass is 16.4. The van der Waals surface area contributed by atoms with Crippen molar-refractivity contribution in [2.45, 2.75) is 20.3 Å². The fourth-order valence-electron chi connectivity index (χ4n) is 2.58. The van der Waals surface area contributed by atoms with Gasteiger partial charge in [-0.15, -0.1) is 0 Å². The highest BCUT2D eigenvalue weighted by molar-refractivity contribution is 5.94. The molecule has 1 aromatic heterocycles. The molecule has 3 N–H and O–H groups in total. The number of nitrogens with one attached hydrogen (secondary N) is 1. The van der Waals surface area contributed by atoms with Gasteiger partial charge in [-0.25, -0.2) is 4.98 Å². The number of rotatable bonds is 5. The van der Waals surface area contributed by atoms with E-state index < -0.39 is 0 Å². The maximum Gasteiger partial charge on any atom is 0.251 e. The van der Waals surface area contributed by atoms with Gasteiger partial charge in [0, 0.05) is 29.8 Å². The number of amides is 1. The first kappa shape index (κ1) is 16.8. The van der Waals surface area contributed by atoms with Crippen molar-refractivity contribution in [3.63, 3.8) is 0 Å². The fourth-order valence-corrected chi connectivity index (χ4v) is 2.58. The summed E-state index contributed by atoms with van der Waals surface area (Å²) in [5.74, 6) is 1.26. The van der Waals surface area contributed by atoms with Crippen LogP contribution in [0.2, 0.25) is 0 Å². The number of oxazole rings is 1. The molecule has 1 heterocycles. The monoisotopic (exact) mass is 335 g/mol. The maximum absolute atomic E-state index is 12.2. The summed E-state index contributed by atoms with van der Waals surface area (Å²) in [6.45, 7) is 4.26. The molecule has 128 valence electrons. The average Bonchev–Trinajstić information content (AvgIpc) is 2.99. The number of aromatic nitrogens is 1. The second kappa shape index (κ2) is 7.21. The number of hydrogen-bond donors (Lipinski definition) is 2. The number of anilines is 1. The summed E-state index contributed by atoms with van der Waals surface area (Å²) in [6.07, 6.45) is 0.613. The van der Waals surface area contributed by atoms with Crippen LogP contribution in [0.15, 0.2) is 52.9 Å². The number of aryl methyl sites for hydroxylation is 2. The Morgan fingerprint density at radius 2 is 1.92 bits per heavy atom. The van der Waals surface area contributed by atoms with Gasteiger partial charge in [0.15, 0.2) is 0 Å². The van der Waals surface area contributed by atoms with Gasteiger partial charge in [-0.05, 0) is 49.7 Å². The third-order valence-electron chi connectivity index (χ3n) is 4.09. The summed E-state index contributed by atoms with van der Waals surface area (Å²) in [5, 5.41) is 2.91. The van der Waals surface area contributed by atoms with Gasteiger partial charge in [-0.1, -0.05) is 18.2 Å². The summed E-state index contributed by atoms with van der Waals surface area (Å²) in [7, 11) is 0. The molecule has 3 aromatic rings. The van der Waals surface area contributed by atoms with Gasteiger partial charge in [0.1, 0.15) is 5.76 Å². The molecular weight excluding hydrogens is 314 g/mol. The van der Waals surface area contributed by atoms with Crippen LogP contribution < -0.4 is 11.1 Å². The molecule has 0 atom stereocenters. The molecule has 25 heavy (non-hydrogen) atoms. The normalized spacial score (nSPS) is 10.6. The highest BCUT2D eigenvalue weighted by Crippen LogP contribution is 2.21. The quantitative estimate of drug-likeness (QED) is 0.699. The predicted molar refractivity (Wildman–Crippen MR) is 98.3 cm³/mol. The van der Waals surface area contributed by atoms with E-state index in [1.54, 1.807) is 18.2 Å². The van der Waals surface area contributed by atoms with Gasteiger partial charge in [0.25, 0.3) is 5.91 Å². The van der Waals surface area contributed by atoms with E-state index in [9.17, 15) is 4.79 Å². The first-order chi connectivity index (χ1) is 12.0. The van der Waals surface area contributed by atoms with Crippen molar-refractivity contribution in [2.75, 3.05) is 12.3 Å². The van der Waals surface area contributed by atoms with E-state index in [1.165, 1.54) is 0 Å². The largest absolute Gasteiger partial charge is 0.441 e. The minimum Gasteiger partial charge on any atom is -0.441 e. The van der Waals surface area contributed by atoms with Crippen molar-refractivity contribution in [3.8, 4) is 11.5 Å². The first-order valence-corrected chi connectivity index (χ1v) is 8.20. The number of nitrogens with two attached hydrogens (primary N) is 1. The number of hydrogen-bond acceptors (Lipinski definition) is 4. The van der Waals surface area contributed by atoms with Crippen LogP contribution in [0.3, 0.4) is 0 Å². The van der Waals surface area contributed by atoms with E-state index in [0.29, 0.717) is 30.1 Å². The molecule has 0 unspecified atom stereocenters. The minimum atomic E-state index is -0.118. The SMILES string of the molecule is Cc1cc(C(=O)NCCc2nc(-c3ccccc3)oc2C)ccc1N. The Morgan fingerprint density at radius 1 is 1.16 bits per heavy atom. The molecule has 0 aliphatic carbocycles. The van der Waals surface area contributed by atoms with E-state index in [0.717, 1.165) is 22.6 Å². The second-order valence-corrected chi connectivity index (χ2v) is 5.97. The van der Waals surface area contributed by atoms with Crippen LogP contribution in [0.4, 0.5) is 5.69 Å². The van der Waals surface area contributed by atoms with Crippen LogP contribution in [0.5, 0.6) is 0 Å². The van der Waals surface area contributed by atoms with Crippen molar-refractivity contribution in [1.29, 1.82) is 0 Å². The zero-order chi connectivity index (χ0) is 17.8. The molecule has 5 nitrogen and oxygen atoms in total. The van der Waals surface area contributed by atoms with Gasteiger partial charge >= 0.3 is 0 Å². The van der Waals surface area contributed by atoms with Crippen LogP contribution in [-0.4, -0.2) is 17.4 Å². The molecule has 3 rings (SSSR count). The Balaban J connectivity index is 1.61. The zero-order valence-electron chi connectivity index (χ0n) is 14.4. The molecule has 0 bridgehead atoms. The van der Waals surface area contributed by atoms with E-state index >= 15 is 0 Å². The Bertz CT molecular complexity index is 885. The molecule has 0 saturated carbocycles. The van der Waals surface area contributed by atoms with Crippen LogP contribution in [-0.2, 0) is 6.42 Å². The van der Waals surface area contributed by atoms with Crippen molar-refractivity contribution in [3.05, 3.63) is 71.1 Å². The molecule has 0 aliphatic rings. The summed E-state index contributed by atoms with van der Waals surface area (Å²) >= 11 is 0. The molecule has 2 aromatic carbocycles. The average molecular weight is 335 g/mol. The number of nitrogen functional groups attached to an aromatic ring is 1. The second-order valence-electron chi connectivity index (χ2n) is 5.97. The smallest absolute Gasteiger partial charge is 0.251 e. The topological polar surface area (TPSA) is 81.2 Å². The molecule has 0 saturated heterocycles. The number of benzene rings is 2. The van der Waals surface area contributed by atoms with Crippen molar-refractivity contribution < 1.29 is 9.21 Å². The third-order valence-corrected chi connectivity index (χ3v) is 4.09. The van der Waals surface area contributed by atoms with E-state index in [2.05, 4.69) is 10.3 Å². The minimum absolute atomic E-state index is 0.118. The van der Waals surface area contributed by atoms with Crippen LogP contribution in [0.1, 0.15) is 27.4 Å². The van der Waals surface area contributed by atoms with Crippen molar-refractivity contribution in [1.82, 2.24) is 10.3 Å². The number of carbonyl (C=O) groups is 1. The number of nitrogens with zero attached hydrogens (tertiary/aromatic N) is 1. The van der Waals surface area contributed by atoms with E-state index in [4.69, 9.17) is 10.2 Å². The molecular formula is C20H21N3O2. The van der Waals surface area contributed by atoms with Gasteiger partial charge in [-0.3, -0.25) is 4.79 Å². The first-order valence-electron chi connectivity index (χ1n) is 8.20. The molecule has 0 radical (unpaired) electrons. The summed E-state index contributed by atoms with van der Waals surface area (Å²) in [5.41, 5.74) is 9.76. The summed E-state index contributed by atoms with van der Waals surface area (Å²) < 4.78 is 5.73. The Morgan fingerprint density at radius 3 is 2.64 bits per heavy atom. The maximum atomic E-state index is 12.2. The van der Waals surface area contributed by atoms with Gasteiger partial charge in [0.05, 0.1) is 5.69 Å². The Hall–Kier alpha value is -3.08. The van der Waals surface area contributed by atoms with Gasteiger partial charge < -0.3 is 15.5 Å². The van der Waals surface area contributed by atoms with E-state index in [-0.39, 0.29) is 5.91 Å². The Kier molecular flexibility index (Phi) is 4.84. The van der Waals surface area contributed by atoms with Crippen molar-refractivity contribution >= 4 is 11.6 Å². The highest BCUT2D eigenvalue weighted by Gasteiger charge is 2.12. The fraction of sp³-hybridized carbons (Fsp3) is 0.200. The lowest BCUT2D eigenvalue weighted by Gasteiger charge is -2.06. The molecule has 5 heteroatoms. The summed E-state index contributed by atoms with van der Waals surface area (Å²) in [6, 6.07) is 15.0. The third kappa shape index (κ3) is 3.88. The Labute approximate surface area is 146 Å². The molecule has 1 amide bonds. The van der Waals surface area contributed by atoms with Gasteiger partial charge in [-0.2, -0.15) is 0 Å². The molecule has 0 aliphatic heterocycles. The lowest BCUT2D eigenvalue weighted by molar-refractivity contribution is 0.0954.